The first-order chi connectivity index (χ1) is 17.7. The molecule has 0 radical (unpaired) electrons. The summed E-state index contributed by atoms with van der Waals surface area (Å²) >= 11 is 6.34. The van der Waals surface area contributed by atoms with Gasteiger partial charge in [-0.05, 0) is 48.9 Å². The number of ether oxygens (including phenoxy) is 3. The van der Waals surface area contributed by atoms with Crippen LogP contribution in [0.5, 0.6) is 17.2 Å². The zero-order valence-electron chi connectivity index (χ0n) is 21.0. The van der Waals surface area contributed by atoms with Crippen molar-refractivity contribution < 1.29 is 31.4 Å². The summed E-state index contributed by atoms with van der Waals surface area (Å²) in [6.07, 6.45) is 0.259. The van der Waals surface area contributed by atoms with E-state index in [1.54, 1.807) is 0 Å². The topological polar surface area (TPSA) is 77.1 Å². The van der Waals surface area contributed by atoms with E-state index in [-0.39, 0.29) is 51.5 Å². The molecule has 12 heteroatoms. The number of methoxy groups -OCH3 is 3. The second kappa shape index (κ2) is 12.4. The van der Waals surface area contributed by atoms with E-state index in [0.717, 1.165) is 12.1 Å². The molecule has 206 valence electrons. The fourth-order valence-electron chi connectivity index (χ4n) is 4.49. The molecule has 0 aromatic heterocycles. The van der Waals surface area contributed by atoms with Crippen molar-refractivity contribution in [2.24, 2.45) is 0 Å². The third-order valence-corrected chi connectivity index (χ3v) is 8.33. The first kappa shape index (κ1) is 29.8. The van der Waals surface area contributed by atoms with Gasteiger partial charge in [-0.2, -0.15) is 0 Å². The Kier molecular flexibility index (Phi) is 9.69. The van der Waals surface area contributed by atoms with Crippen LogP contribution in [-0.2, 0) is 16.4 Å². The number of rotatable bonds is 9. The fourth-order valence-corrected chi connectivity index (χ4v) is 6.46. The van der Waals surface area contributed by atoms with Crippen LogP contribution in [0.25, 0.3) is 0 Å². The largest absolute Gasteiger partial charge is 0.494 e. The Morgan fingerprint density at radius 1 is 0.974 bits per heavy atom. The third-order valence-electron chi connectivity index (χ3n) is 6.27. The number of nitrogens with one attached hydrogen (secondary N) is 1. The van der Waals surface area contributed by atoms with Crippen molar-refractivity contribution in [1.29, 1.82) is 0 Å². The van der Waals surface area contributed by atoms with Crippen molar-refractivity contribution in [2.75, 3.05) is 38.7 Å². The van der Waals surface area contributed by atoms with Gasteiger partial charge in [0.2, 0.25) is 0 Å². The van der Waals surface area contributed by atoms with Gasteiger partial charge in [0.25, 0.3) is 10.0 Å². The average Bonchev–Trinajstić information content (AvgIpc) is 3.41. The number of hydrogen-bond donors (Lipinski definition) is 1. The van der Waals surface area contributed by atoms with Crippen LogP contribution in [0.3, 0.4) is 0 Å². The molecule has 38 heavy (non-hydrogen) atoms. The molecule has 0 bridgehead atoms. The maximum Gasteiger partial charge on any atom is 0.264 e. The monoisotopic (exact) mass is 588 g/mol. The number of nitrogens with zero attached hydrogens (tertiary/aromatic N) is 1. The van der Waals surface area contributed by atoms with Crippen molar-refractivity contribution in [3.8, 4) is 17.2 Å². The Labute approximate surface area is 232 Å². The lowest BCUT2D eigenvalue weighted by Crippen LogP contribution is -2.42. The second-order valence-electron chi connectivity index (χ2n) is 8.46. The normalized spacial score (nSPS) is 15.1. The van der Waals surface area contributed by atoms with Crippen LogP contribution in [0.2, 0.25) is 5.02 Å². The summed E-state index contributed by atoms with van der Waals surface area (Å²) < 4.78 is 75.2. The molecule has 0 aliphatic carbocycles. The van der Waals surface area contributed by atoms with Gasteiger partial charge in [-0.25, -0.2) is 17.2 Å². The molecule has 1 saturated heterocycles. The molecule has 0 unspecified atom stereocenters. The molecule has 3 aromatic carbocycles. The lowest BCUT2D eigenvalue weighted by Gasteiger charge is -2.33. The Morgan fingerprint density at radius 2 is 1.63 bits per heavy atom. The van der Waals surface area contributed by atoms with Crippen LogP contribution in [-0.4, -0.2) is 48.9 Å². The van der Waals surface area contributed by atoms with Gasteiger partial charge in [-0.1, -0.05) is 17.7 Å². The lowest BCUT2D eigenvalue weighted by atomic mass is 10.0. The van der Waals surface area contributed by atoms with Gasteiger partial charge in [-0.15, -0.1) is 12.4 Å². The standard InChI is InChI=1S/C26H27ClF2N2O5S.ClH/c1-34-23-8-7-19(14-24(23)35-2)37(32,33)31(18-9-10-30-15-18)26-16(11-17(27)13-25(26)36-3)12-20-21(28)5-4-6-22(20)29;/h4-8,11,13-14,18,30H,9-10,12,15H2,1-3H3;1H/t18-;/m0./s1. The molecular formula is C26H28Cl2F2N2O5S. The first-order valence-corrected chi connectivity index (χ1v) is 13.3. The highest BCUT2D eigenvalue weighted by molar-refractivity contribution is 7.92. The minimum Gasteiger partial charge on any atom is -0.494 e. The highest BCUT2D eigenvalue weighted by Crippen LogP contribution is 2.42. The Balaban J connectivity index is 0.00000400. The second-order valence-corrected chi connectivity index (χ2v) is 10.7. The minimum absolute atomic E-state index is 0. The van der Waals surface area contributed by atoms with Crippen molar-refractivity contribution in [1.82, 2.24) is 5.32 Å². The predicted molar refractivity (Wildman–Crippen MR) is 145 cm³/mol. The van der Waals surface area contributed by atoms with Crippen LogP contribution < -0.4 is 23.8 Å². The molecule has 1 aliphatic rings. The molecule has 7 nitrogen and oxygen atoms in total. The number of hydrogen-bond acceptors (Lipinski definition) is 6. The lowest BCUT2D eigenvalue weighted by molar-refractivity contribution is 0.354. The van der Waals surface area contributed by atoms with E-state index in [9.17, 15) is 17.2 Å². The Hall–Kier alpha value is -2.79. The molecule has 0 spiro atoms. The van der Waals surface area contributed by atoms with Gasteiger partial charge in [0.05, 0.1) is 38.0 Å². The summed E-state index contributed by atoms with van der Waals surface area (Å²) in [5, 5.41) is 3.42. The molecular weight excluding hydrogens is 561 g/mol. The van der Waals surface area contributed by atoms with Gasteiger partial charge in [0.1, 0.15) is 17.4 Å². The van der Waals surface area contributed by atoms with E-state index in [1.807, 2.05) is 0 Å². The molecule has 0 amide bonds. The van der Waals surface area contributed by atoms with Gasteiger partial charge in [0, 0.05) is 35.7 Å². The average molecular weight is 589 g/mol. The van der Waals surface area contributed by atoms with Gasteiger partial charge < -0.3 is 19.5 Å². The smallest absolute Gasteiger partial charge is 0.264 e. The van der Waals surface area contributed by atoms with Crippen LogP contribution in [0.4, 0.5) is 14.5 Å². The third kappa shape index (κ3) is 5.78. The van der Waals surface area contributed by atoms with Gasteiger partial charge in [-0.3, -0.25) is 4.31 Å². The zero-order chi connectivity index (χ0) is 26.7. The molecule has 1 atom stereocenters. The number of halogens is 4. The van der Waals surface area contributed by atoms with Gasteiger partial charge >= 0.3 is 0 Å². The minimum atomic E-state index is -4.23. The zero-order valence-corrected chi connectivity index (χ0v) is 23.4. The molecule has 4 rings (SSSR count). The highest BCUT2D eigenvalue weighted by atomic mass is 35.5. The van der Waals surface area contributed by atoms with E-state index in [4.69, 9.17) is 25.8 Å². The van der Waals surface area contributed by atoms with Crippen molar-refractivity contribution in [2.45, 2.75) is 23.8 Å². The van der Waals surface area contributed by atoms with E-state index in [1.165, 1.54) is 62.0 Å². The first-order valence-electron chi connectivity index (χ1n) is 11.5. The predicted octanol–water partition coefficient (Wildman–Crippen LogP) is 5.21. The van der Waals surface area contributed by atoms with Crippen LogP contribution in [0, 0.1) is 11.6 Å². The van der Waals surface area contributed by atoms with Gasteiger partial charge in [0.15, 0.2) is 11.5 Å². The summed E-state index contributed by atoms with van der Waals surface area (Å²) in [6.45, 7) is 0.960. The van der Waals surface area contributed by atoms with E-state index in [2.05, 4.69) is 5.32 Å². The fraction of sp³-hybridized carbons (Fsp3) is 0.308. The SMILES string of the molecule is COc1ccc(S(=O)(=O)N(c2c(Cc3c(F)cccc3F)cc(Cl)cc2OC)[C@H]2CCNC2)cc1OC.Cl. The summed E-state index contributed by atoms with van der Waals surface area (Å²) in [6, 6.07) is 10.4. The Morgan fingerprint density at radius 3 is 2.21 bits per heavy atom. The van der Waals surface area contributed by atoms with E-state index >= 15 is 0 Å². The molecule has 3 aromatic rings. The van der Waals surface area contributed by atoms with Crippen molar-refractivity contribution in [3.63, 3.8) is 0 Å². The molecule has 1 heterocycles. The van der Waals surface area contributed by atoms with Crippen LogP contribution in [0.15, 0.2) is 53.4 Å². The summed E-state index contributed by atoms with van der Waals surface area (Å²) in [5.41, 5.74) is 0.253. The molecule has 1 N–H and O–H groups in total. The summed E-state index contributed by atoms with van der Waals surface area (Å²) in [4.78, 5) is -0.0444. The number of sulfonamides is 1. The maximum atomic E-state index is 14.6. The van der Waals surface area contributed by atoms with Crippen molar-refractivity contribution in [3.05, 3.63) is 76.3 Å². The van der Waals surface area contributed by atoms with E-state index in [0.29, 0.717) is 30.8 Å². The van der Waals surface area contributed by atoms with E-state index < -0.39 is 27.7 Å². The van der Waals surface area contributed by atoms with Crippen LogP contribution in [0.1, 0.15) is 17.5 Å². The van der Waals surface area contributed by atoms with Crippen LogP contribution >= 0.6 is 24.0 Å². The molecule has 1 aliphatic heterocycles. The molecule has 0 saturated carbocycles. The molecule has 1 fully saturated rings. The number of benzene rings is 3. The summed E-state index contributed by atoms with van der Waals surface area (Å²) in [5.74, 6) is -0.723. The summed E-state index contributed by atoms with van der Waals surface area (Å²) in [7, 11) is 0.0237. The Bertz CT molecular complexity index is 1380. The highest BCUT2D eigenvalue weighted by Gasteiger charge is 2.37. The number of anilines is 1. The maximum absolute atomic E-state index is 14.6. The van der Waals surface area contributed by atoms with Crippen molar-refractivity contribution >= 4 is 39.7 Å². The quantitative estimate of drug-likeness (QED) is 0.369.